The second-order valence-electron chi connectivity index (χ2n) is 25.0. The highest BCUT2D eigenvalue weighted by molar-refractivity contribution is 6.00. The molecule has 9 atom stereocenters. The number of likely N-dealkylation sites (tertiary alicyclic amines) is 1. The number of primary amides is 1. The molecule has 2 aliphatic rings. The van der Waals surface area contributed by atoms with Gasteiger partial charge in [0.2, 0.25) is 65.0 Å². The summed E-state index contributed by atoms with van der Waals surface area (Å²) in [4.78, 5) is 160. The number of benzene rings is 6. The second-order valence-corrected chi connectivity index (χ2v) is 25.0. The molecule has 2 heterocycles. The van der Waals surface area contributed by atoms with Crippen molar-refractivity contribution < 1.29 is 63.0 Å². The van der Waals surface area contributed by atoms with Crippen LogP contribution in [0.5, 0.6) is 5.75 Å². The van der Waals surface area contributed by atoms with Gasteiger partial charge in [-0.05, 0) is 100 Å². The van der Waals surface area contributed by atoms with Gasteiger partial charge < -0.3 is 80.2 Å². The number of nitrogens with one attached hydrogen (secondary N) is 9. The SMILES string of the molecule is CC(C)C[C@H](NC(=O)[C@@H](Cc1cccc2ccccc12)NC(=O)[C@H](Cc1ccc(O)cc1)NC(=O)[C@H](CO)NC(=O)[C@@H](Cc1cccc2ccccc12)NC(=O)[C@@H](Cc1ccccc1)NC(=O)[C@H]1CCC(=O)N1)C(=O)N[C@@H](CCCN=C(N)N)C(=O)N1CCC[C@H]1C(=O)NCC(N)=O. The van der Waals surface area contributed by atoms with Gasteiger partial charge in [0.1, 0.15) is 60.1 Å². The molecule has 518 valence electrons. The first-order valence-electron chi connectivity index (χ1n) is 32.7. The third-order valence-corrected chi connectivity index (χ3v) is 17.1. The van der Waals surface area contributed by atoms with E-state index in [0.29, 0.717) is 28.7 Å². The Labute approximate surface area is 566 Å². The molecule has 2 aliphatic heterocycles. The maximum atomic E-state index is 15.2. The molecule has 0 saturated carbocycles. The van der Waals surface area contributed by atoms with E-state index in [2.05, 4.69) is 52.8 Å². The van der Waals surface area contributed by atoms with Gasteiger partial charge in [-0.15, -0.1) is 0 Å². The number of carbonyl (C=O) groups is 11. The Balaban J connectivity index is 1.07. The van der Waals surface area contributed by atoms with Crippen LogP contribution in [0.25, 0.3) is 21.5 Å². The predicted molar refractivity (Wildman–Crippen MR) is 365 cm³/mol. The normalized spacial score (nSPS) is 16.4. The zero-order valence-electron chi connectivity index (χ0n) is 54.7. The Morgan fingerprint density at radius 3 is 1.56 bits per heavy atom. The van der Waals surface area contributed by atoms with Crippen LogP contribution >= 0.6 is 0 Å². The summed E-state index contributed by atoms with van der Waals surface area (Å²) in [7, 11) is 0. The number of rotatable bonds is 33. The molecule has 98 heavy (non-hydrogen) atoms. The van der Waals surface area contributed by atoms with Crippen molar-refractivity contribution in [1.29, 1.82) is 0 Å². The smallest absolute Gasteiger partial charge is 0.245 e. The lowest BCUT2D eigenvalue weighted by atomic mass is 9.96. The van der Waals surface area contributed by atoms with Crippen LogP contribution in [0.2, 0.25) is 0 Å². The summed E-state index contributed by atoms with van der Waals surface area (Å²) in [5.41, 5.74) is 18.7. The summed E-state index contributed by atoms with van der Waals surface area (Å²) < 4.78 is 0. The number of nitrogens with zero attached hydrogens (tertiary/aromatic N) is 2. The van der Waals surface area contributed by atoms with Gasteiger partial charge in [0, 0.05) is 45.2 Å². The molecule has 17 N–H and O–H groups in total. The van der Waals surface area contributed by atoms with Crippen molar-refractivity contribution in [3.63, 3.8) is 0 Å². The molecule has 11 amide bonds. The Hall–Kier alpha value is -11.0. The summed E-state index contributed by atoms with van der Waals surface area (Å²) in [6, 6.07) is 27.9. The lowest BCUT2D eigenvalue weighted by molar-refractivity contribution is -0.142. The quantitative estimate of drug-likeness (QED) is 0.0150. The van der Waals surface area contributed by atoms with Crippen molar-refractivity contribution in [1.82, 2.24) is 52.8 Å². The molecule has 27 nitrogen and oxygen atoms in total. The third kappa shape index (κ3) is 20.8. The Morgan fingerprint density at radius 1 is 0.551 bits per heavy atom. The Bertz CT molecular complexity index is 3880. The standard InChI is InChI=1S/C71H86N14O13/c1-41(2)34-53(63(91)78-52(24-12-32-75-71(73)74)70(98)85-33-13-25-59(85)69(97)76-39-60(72)88)79-66(94)56(37-46-20-10-18-44-16-6-8-22-49(44)46)82-65(93)55(36-43-26-28-48(87)29-27-43)81-68(96)58(40-86)84-67(95)57(38-47-21-11-19-45-17-7-9-23-50(45)47)83-64(92)54(35-42-14-4-3-5-15-42)80-62(90)51-30-31-61(89)77-51/h3-11,14-23,26-29,41,51-59,86-87H,12-13,24-25,30-40H2,1-2H3,(H2,72,88)(H,76,97)(H,77,89)(H,78,91)(H,79,94)(H,80,90)(H,81,96)(H,82,93)(H,83,92)(H,84,95)(H4,73,74,75)/t51-,52+,53+,54-,55+,56-,57-,58+,59+/m1/s1. The molecule has 0 radical (unpaired) electrons. The van der Waals surface area contributed by atoms with E-state index < -0.39 is 127 Å². The number of guanidine groups is 1. The van der Waals surface area contributed by atoms with E-state index in [1.807, 2.05) is 68.4 Å². The van der Waals surface area contributed by atoms with Crippen LogP contribution in [-0.2, 0) is 78.4 Å². The summed E-state index contributed by atoms with van der Waals surface area (Å²) >= 11 is 0. The number of phenols is 1. The first-order chi connectivity index (χ1) is 47.0. The van der Waals surface area contributed by atoms with E-state index >= 15 is 9.59 Å². The zero-order valence-corrected chi connectivity index (χ0v) is 54.7. The van der Waals surface area contributed by atoms with Gasteiger partial charge in [0.15, 0.2) is 5.96 Å². The van der Waals surface area contributed by atoms with Gasteiger partial charge in [-0.2, -0.15) is 0 Å². The molecule has 0 unspecified atom stereocenters. The number of aliphatic imine (C=N–C) groups is 1. The fraction of sp³-hybridized carbons (Fsp3) is 0.380. The number of phenolic OH excluding ortho intramolecular Hbond substituents is 1. The number of carbonyl (C=O) groups excluding carboxylic acids is 11. The van der Waals surface area contributed by atoms with Gasteiger partial charge >= 0.3 is 0 Å². The largest absolute Gasteiger partial charge is 0.508 e. The molecule has 0 aromatic heterocycles. The highest BCUT2D eigenvalue weighted by Gasteiger charge is 2.40. The summed E-state index contributed by atoms with van der Waals surface area (Å²) in [6.07, 6.45) is 0.579. The number of hydrogen-bond donors (Lipinski definition) is 14. The maximum absolute atomic E-state index is 15.2. The van der Waals surface area contributed by atoms with E-state index in [9.17, 15) is 53.4 Å². The van der Waals surface area contributed by atoms with Gasteiger partial charge in [0.25, 0.3) is 0 Å². The molecule has 27 heteroatoms. The lowest BCUT2D eigenvalue weighted by Gasteiger charge is -2.30. The van der Waals surface area contributed by atoms with E-state index in [4.69, 9.17) is 17.2 Å². The summed E-state index contributed by atoms with van der Waals surface area (Å²) in [5, 5.41) is 48.7. The summed E-state index contributed by atoms with van der Waals surface area (Å²) in [5.74, 6) is -8.86. The highest BCUT2D eigenvalue weighted by Crippen LogP contribution is 2.24. The van der Waals surface area contributed by atoms with Crippen LogP contribution in [0.3, 0.4) is 0 Å². The molecule has 0 bridgehead atoms. The number of nitrogens with two attached hydrogens (primary N) is 3. The molecule has 8 rings (SSSR count). The van der Waals surface area contributed by atoms with E-state index in [1.54, 1.807) is 60.7 Å². The highest BCUT2D eigenvalue weighted by atomic mass is 16.3. The number of hydrogen-bond acceptors (Lipinski definition) is 14. The minimum absolute atomic E-state index is 0.00655. The molecule has 6 aromatic carbocycles. The van der Waals surface area contributed by atoms with E-state index in [1.165, 1.54) is 29.2 Å². The average Bonchev–Trinajstić information content (AvgIpc) is 1.75. The molecule has 0 spiro atoms. The van der Waals surface area contributed by atoms with Crippen molar-refractivity contribution in [3.05, 3.63) is 162 Å². The topological polar surface area (TPSA) is 430 Å². The monoisotopic (exact) mass is 1340 g/mol. The van der Waals surface area contributed by atoms with Crippen LogP contribution in [0.4, 0.5) is 0 Å². The zero-order chi connectivity index (χ0) is 70.4. The first kappa shape index (κ1) is 72.9. The number of aromatic hydroxyl groups is 1. The summed E-state index contributed by atoms with van der Waals surface area (Å²) in [6.45, 7) is 2.36. The van der Waals surface area contributed by atoms with Crippen LogP contribution < -0.4 is 65.1 Å². The minimum Gasteiger partial charge on any atom is -0.508 e. The maximum Gasteiger partial charge on any atom is 0.245 e. The van der Waals surface area contributed by atoms with E-state index in [-0.39, 0.29) is 101 Å². The molecular formula is C71H86N14O13. The first-order valence-corrected chi connectivity index (χ1v) is 32.7. The lowest BCUT2D eigenvalue weighted by Crippen LogP contribution is -2.61. The number of fused-ring (bicyclic) bond motifs is 2. The van der Waals surface area contributed by atoms with Crippen LogP contribution in [0.1, 0.15) is 81.0 Å². The van der Waals surface area contributed by atoms with Crippen molar-refractivity contribution in [2.45, 2.75) is 139 Å². The van der Waals surface area contributed by atoms with Crippen molar-refractivity contribution in [2.75, 3.05) is 26.2 Å². The number of amides is 11. The number of aliphatic hydroxyl groups excluding tert-OH is 1. The minimum atomic E-state index is -1.79. The molecular weight excluding hydrogens is 1260 g/mol. The Morgan fingerprint density at radius 2 is 1.03 bits per heavy atom. The molecule has 0 aliphatic carbocycles. The van der Waals surface area contributed by atoms with Crippen LogP contribution in [0.15, 0.2) is 145 Å². The Kier molecular flexibility index (Phi) is 26.1. The van der Waals surface area contributed by atoms with Crippen LogP contribution in [-0.4, -0.2) is 167 Å². The molecule has 6 aromatic rings. The third-order valence-electron chi connectivity index (χ3n) is 17.1. The van der Waals surface area contributed by atoms with Crippen molar-refractivity contribution >= 4 is 92.5 Å². The molecule has 2 saturated heterocycles. The number of aliphatic hydroxyl groups is 1. The fourth-order valence-electron chi connectivity index (χ4n) is 12.1. The van der Waals surface area contributed by atoms with Gasteiger partial charge in [-0.25, -0.2) is 0 Å². The van der Waals surface area contributed by atoms with Gasteiger partial charge in [-0.3, -0.25) is 57.7 Å². The van der Waals surface area contributed by atoms with Crippen LogP contribution in [0, 0.1) is 5.92 Å². The van der Waals surface area contributed by atoms with Gasteiger partial charge in [0.05, 0.1) is 13.2 Å². The predicted octanol–water partition coefficient (Wildman–Crippen LogP) is 0.326. The van der Waals surface area contributed by atoms with Crippen molar-refractivity contribution in [2.24, 2.45) is 28.1 Å². The second kappa shape index (κ2) is 35.2. The average molecular weight is 1340 g/mol. The van der Waals surface area contributed by atoms with Crippen molar-refractivity contribution in [3.8, 4) is 5.75 Å². The van der Waals surface area contributed by atoms with Gasteiger partial charge in [-0.1, -0.05) is 141 Å². The fourth-order valence-corrected chi connectivity index (χ4v) is 12.1. The van der Waals surface area contributed by atoms with E-state index in [0.717, 1.165) is 21.5 Å². The molecule has 2 fully saturated rings.